The van der Waals surface area contributed by atoms with Crippen molar-refractivity contribution in [2.45, 2.75) is 20.8 Å². The van der Waals surface area contributed by atoms with E-state index in [4.69, 9.17) is 4.98 Å². The lowest BCUT2D eigenvalue weighted by Gasteiger charge is -2.13. The maximum absolute atomic E-state index is 4.91. The van der Waals surface area contributed by atoms with E-state index in [1.54, 1.807) is 0 Å². The molecule has 4 aromatic rings. The van der Waals surface area contributed by atoms with Crippen molar-refractivity contribution < 1.29 is 0 Å². The highest BCUT2D eigenvalue weighted by Gasteiger charge is 2.11. The highest BCUT2D eigenvalue weighted by atomic mass is 14.7. The number of fused-ring (bicyclic) bond motifs is 1. The number of pyridine rings is 1. The smallest absolute Gasteiger partial charge is 0.0787 e. The first-order valence-corrected chi connectivity index (χ1v) is 9.26. The van der Waals surface area contributed by atoms with E-state index in [2.05, 4.69) is 87.2 Å². The second kappa shape index (κ2) is 6.85. The molecule has 3 aromatic carbocycles. The summed E-state index contributed by atoms with van der Waals surface area (Å²) < 4.78 is 0. The predicted octanol–water partition coefficient (Wildman–Crippen LogP) is 7.22. The molecule has 0 saturated carbocycles. The van der Waals surface area contributed by atoms with Gasteiger partial charge in [-0.1, -0.05) is 72.8 Å². The number of nitrogens with zero attached hydrogens (tertiary/aromatic N) is 1. The Balaban J connectivity index is 1.94. The predicted molar refractivity (Wildman–Crippen MR) is 117 cm³/mol. The first-order valence-electron chi connectivity index (χ1n) is 9.26. The first-order chi connectivity index (χ1) is 13.0. The minimum Gasteiger partial charge on any atom is -0.248 e. The summed E-state index contributed by atoms with van der Waals surface area (Å²) >= 11 is 0. The largest absolute Gasteiger partial charge is 0.248 e. The van der Waals surface area contributed by atoms with Gasteiger partial charge in [-0.2, -0.15) is 0 Å². The van der Waals surface area contributed by atoms with Crippen molar-refractivity contribution in [1.29, 1.82) is 0 Å². The monoisotopic (exact) mass is 349 g/mol. The Labute approximate surface area is 161 Å². The van der Waals surface area contributed by atoms with Gasteiger partial charge in [0.1, 0.15) is 0 Å². The number of allylic oxidation sites excluding steroid dienone is 1. The van der Waals surface area contributed by atoms with E-state index in [1.165, 1.54) is 33.4 Å². The second-order valence-electron chi connectivity index (χ2n) is 7.25. The van der Waals surface area contributed by atoms with Gasteiger partial charge in [-0.3, -0.25) is 0 Å². The minimum atomic E-state index is 0.947. The molecule has 0 N–H and O–H groups in total. The zero-order chi connectivity index (χ0) is 19.0. The molecule has 0 aliphatic rings. The van der Waals surface area contributed by atoms with Crippen LogP contribution in [0.4, 0.5) is 0 Å². The van der Waals surface area contributed by atoms with Gasteiger partial charge in [0.2, 0.25) is 0 Å². The molecule has 27 heavy (non-hydrogen) atoms. The van der Waals surface area contributed by atoms with Crippen LogP contribution >= 0.6 is 0 Å². The Morgan fingerprint density at radius 1 is 0.778 bits per heavy atom. The van der Waals surface area contributed by atoms with Crippen molar-refractivity contribution in [2.75, 3.05) is 0 Å². The highest BCUT2D eigenvalue weighted by molar-refractivity contribution is 5.96. The van der Waals surface area contributed by atoms with Crippen LogP contribution in [0.2, 0.25) is 0 Å². The van der Waals surface area contributed by atoms with E-state index in [0.717, 1.165) is 22.2 Å². The van der Waals surface area contributed by atoms with E-state index in [-0.39, 0.29) is 0 Å². The fourth-order valence-electron chi connectivity index (χ4n) is 3.52. The summed E-state index contributed by atoms with van der Waals surface area (Å²) in [6, 6.07) is 25.9. The standard InChI is InChI=1S/C26H23N/c1-17(2)25-14-13-20-8-6-10-23(26(20)27-25)24-16-22(12-11-19(24)4)21-9-5-7-18(3)15-21/h5-16H,1H2,2-4H3. The quantitative estimate of drug-likeness (QED) is 0.380. The third kappa shape index (κ3) is 3.29. The van der Waals surface area contributed by atoms with Gasteiger partial charge in [-0.05, 0) is 60.7 Å². The lowest BCUT2D eigenvalue weighted by atomic mass is 9.93. The van der Waals surface area contributed by atoms with Crippen LogP contribution in [0.3, 0.4) is 0 Å². The van der Waals surface area contributed by atoms with Crippen molar-refractivity contribution >= 4 is 16.5 Å². The molecule has 0 fully saturated rings. The summed E-state index contributed by atoms with van der Waals surface area (Å²) in [6.07, 6.45) is 0. The van der Waals surface area contributed by atoms with Crippen molar-refractivity contribution in [1.82, 2.24) is 4.98 Å². The minimum absolute atomic E-state index is 0.947. The van der Waals surface area contributed by atoms with Gasteiger partial charge in [0.25, 0.3) is 0 Å². The number of hydrogen-bond donors (Lipinski definition) is 0. The van der Waals surface area contributed by atoms with E-state index in [0.29, 0.717) is 0 Å². The van der Waals surface area contributed by atoms with Crippen LogP contribution < -0.4 is 0 Å². The number of aromatic nitrogens is 1. The van der Waals surface area contributed by atoms with E-state index in [1.807, 2.05) is 13.0 Å². The fraction of sp³-hybridized carbons (Fsp3) is 0.115. The molecular formula is C26H23N. The number of benzene rings is 3. The van der Waals surface area contributed by atoms with Crippen molar-refractivity contribution in [3.8, 4) is 22.3 Å². The molecular weight excluding hydrogens is 326 g/mol. The number of aryl methyl sites for hydroxylation is 2. The summed E-state index contributed by atoms with van der Waals surface area (Å²) in [5.41, 5.74) is 10.4. The molecule has 0 aliphatic carbocycles. The van der Waals surface area contributed by atoms with Gasteiger partial charge >= 0.3 is 0 Å². The molecule has 0 saturated heterocycles. The molecule has 132 valence electrons. The number of para-hydroxylation sites is 1. The average molecular weight is 349 g/mol. The summed E-state index contributed by atoms with van der Waals surface area (Å²) in [5.74, 6) is 0. The summed E-state index contributed by atoms with van der Waals surface area (Å²) in [4.78, 5) is 4.91. The van der Waals surface area contributed by atoms with Crippen molar-refractivity contribution in [2.24, 2.45) is 0 Å². The molecule has 1 heterocycles. The Morgan fingerprint density at radius 3 is 2.33 bits per heavy atom. The maximum atomic E-state index is 4.91. The van der Waals surface area contributed by atoms with Crippen LogP contribution in [0.15, 0.2) is 79.4 Å². The maximum Gasteiger partial charge on any atom is 0.0787 e. The SMILES string of the molecule is C=C(C)c1ccc2cccc(-c3cc(-c4cccc(C)c4)ccc3C)c2n1. The van der Waals surface area contributed by atoms with Crippen LogP contribution in [-0.2, 0) is 0 Å². The molecule has 0 unspecified atom stereocenters. The van der Waals surface area contributed by atoms with Crippen LogP contribution in [0.25, 0.3) is 38.7 Å². The lowest BCUT2D eigenvalue weighted by Crippen LogP contribution is -1.92. The van der Waals surface area contributed by atoms with Gasteiger partial charge in [-0.25, -0.2) is 4.98 Å². The molecule has 0 atom stereocenters. The lowest BCUT2D eigenvalue weighted by molar-refractivity contribution is 1.33. The number of rotatable bonds is 3. The molecule has 0 bridgehead atoms. The van der Waals surface area contributed by atoms with Crippen molar-refractivity contribution in [3.63, 3.8) is 0 Å². The number of hydrogen-bond acceptors (Lipinski definition) is 1. The normalized spacial score (nSPS) is 10.9. The first kappa shape index (κ1) is 17.2. The molecule has 1 aromatic heterocycles. The summed E-state index contributed by atoms with van der Waals surface area (Å²) in [5, 5.41) is 1.15. The average Bonchev–Trinajstić information content (AvgIpc) is 2.67. The van der Waals surface area contributed by atoms with E-state index >= 15 is 0 Å². The van der Waals surface area contributed by atoms with Crippen LogP contribution in [-0.4, -0.2) is 4.98 Å². The van der Waals surface area contributed by atoms with Gasteiger partial charge in [0.15, 0.2) is 0 Å². The molecule has 1 nitrogen and oxygen atoms in total. The molecule has 0 spiro atoms. The Bertz CT molecular complexity index is 1170. The van der Waals surface area contributed by atoms with Crippen molar-refractivity contribution in [3.05, 3.63) is 96.2 Å². The Kier molecular flexibility index (Phi) is 4.37. The highest BCUT2D eigenvalue weighted by Crippen LogP contribution is 2.34. The fourth-order valence-corrected chi connectivity index (χ4v) is 3.52. The molecule has 0 aliphatic heterocycles. The van der Waals surface area contributed by atoms with Gasteiger partial charge in [-0.15, -0.1) is 0 Å². The third-order valence-corrected chi connectivity index (χ3v) is 5.04. The van der Waals surface area contributed by atoms with Gasteiger partial charge in [0.05, 0.1) is 11.2 Å². The van der Waals surface area contributed by atoms with Crippen LogP contribution in [0.1, 0.15) is 23.7 Å². The molecule has 0 radical (unpaired) electrons. The summed E-state index contributed by atoms with van der Waals surface area (Å²) in [6.45, 7) is 10.3. The van der Waals surface area contributed by atoms with Crippen LogP contribution in [0.5, 0.6) is 0 Å². The molecule has 0 amide bonds. The molecule has 1 heteroatoms. The zero-order valence-electron chi connectivity index (χ0n) is 16.1. The van der Waals surface area contributed by atoms with Gasteiger partial charge < -0.3 is 0 Å². The Hall–Kier alpha value is -3.19. The third-order valence-electron chi connectivity index (χ3n) is 5.04. The van der Waals surface area contributed by atoms with E-state index < -0.39 is 0 Å². The molecule has 4 rings (SSSR count). The van der Waals surface area contributed by atoms with Crippen LogP contribution in [0, 0.1) is 13.8 Å². The topological polar surface area (TPSA) is 12.9 Å². The second-order valence-corrected chi connectivity index (χ2v) is 7.25. The van der Waals surface area contributed by atoms with E-state index in [9.17, 15) is 0 Å². The zero-order valence-corrected chi connectivity index (χ0v) is 16.1. The summed E-state index contributed by atoms with van der Waals surface area (Å²) in [7, 11) is 0. The Morgan fingerprint density at radius 2 is 1.56 bits per heavy atom. The van der Waals surface area contributed by atoms with Gasteiger partial charge in [0, 0.05) is 10.9 Å².